The number of ether oxygens (including phenoxy) is 1. The van der Waals surface area contributed by atoms with Gasteiger partial charge in [0, 0.05) is 31.1 Å². The maximum atomic E-state index is 12.4. The van der Waals surface area contributed by atoms with Gasteiger partial charge >= 0.3 is 0 Å². The summed E-state index contributed by atoms with van der Waals surface area (Å²) in [4.78, 5) is 26.6. The standard InChI is InChI=1S/C23H28N2O6/c1-15-4-6-18(7-5-15)31-12-2-3-21(28)25-10-8-17(9-11-25)24-23(30)16-13-19(26)22(29)20(27)14-16/h4-7,13-14,17,26-27,29H,2-3,8-12H2,1H3,(H,24,30). The Kier molecular flexibility index (Phi) is 7.23. The van der Waals surface area contributed by atoms with Crippen molar-refractivity contribution >= 4 is 11.8 Å². The third-order valence-corrected chi connectivity index (χ3v) is 5.34. The van der Waals surface area contributed by atoms with E-state index in [0.29, 0.717) is 45.4 Å². The molecule has 2 aromatic rings. The molecular formula is C23H28N2O6. The number of rotatable bonds is 7. The van der Waals surface area contributed by atoms with Crippen LogP contribution < -0.4 is 10.1 Å². The lowest BCUT2D eigenvalue weighted by molar-refractivity contribution is -0.132. The van der Waals surface area contributed by atoms with Gasteiger partial charge < -0.3 is 30.3 Å². The monoisotopic (exact) mass is 428 g/mol. The van der Waals surface area contributed by atoms with Crippen molar-refractivity contribution in [3.8, 4) is 23.0 Å². The van der Waals surface area contributed by atoms with Gasteiger partial charge in [-0.2, -0.15) is 0 Å². The summed E-state index contributed by atoms with van der Waals surface area (Å²) in [7, 11) is 0. The van der Waals surface area contributed by atoms with Crippen LogP contribution in [-0.2, 0) is 4.79 Å². The van der Waals surface area contributed by atoms with E-state index in [1.165, 1.54) is 5.56 Å². The highest BCUT2D eigenvalue weighted by molar-refractivity contribution is 5.95. The molecule has 1 saturated heterocycles. The maximum Gasteiger partial charge on any atom is 0.251 e. The first-order valence-corrected chi connectivity index (χ1v) is 10.4. The van der Waals surface area contributed by atoms with E-state index < -0.39 is 23.2 Å². The van der Waals surface area contributed by atoms with Gasteiger partial charge in [-0.3, -0.25) is 9.59 Å². The summed E-state index contributed by atoms with van der Waals surface area (Å²) in [6.45, 7) is 3.59. The molecule has 2 amide bonds. The number of nitrogens with one attached hydrogen (secondary N) is 1. The Balaban J connectivity index is 1.38. The number of hydrogen-bond donors (Lipinski definition) is 4. The normalized spacial score (nSPS) is 14.3. The van der Waals surface area contributed by atoms with Gasteiger partial charge in [0.05, 0.1) is 6.61 Å². The fourth-order valence-electron chi connectivity index (χ4n) is 3.48. The molecule has 1 aliphatic rings. The van der Waals surface area contributed by atoms with Crippen molar-refractivity contribution in [1.82, 2.24) is 10.2 Å². The summed E-state index contributed by atoms with van der Waals surface area (Å²) < 4.78 is 5.66. The van der Waals surface area contributed by atoms with Gasteiger partial charge in [-0.1, -0.05) is 17.7 Å². The number of carbonyl (C=O) groups is 2. The minimum absolute atomic E-state index is 0.0554. The van der Waals surface area contributed by atoms with E-state index in [-0.39, 0.29) is 17.5 Å². The van der Waals surface area contributed by atoms with Crippen molar-refractivity contribution in [2.24, 2.45) is 0 Å². The molecule has 0 spiro atoms. The van der Waals surface area contributed by atoms with Crippen molar-refractivity contribution in [1.29, 1.82) is 0 Å². The summed E-state index contributed by atoms with van der Waals surface area (Å²) in [5.41, 5.74) is 1.22. The molecule has 1 aliphatic heterocycles. The van der Waals surface area contributed by atoms with Crippen LogP contribution >= 0.6 is 0 Å². The molecule has 0 bridgehead atoms. The zero-order valence-corrected chi connectivity index (χ0v) is 17.5. The zero-order valence-electron chi connectivity index (χ0n) is 17.5. The number of piperidine rings is 1. The third-order valence-electron chi connectivity index (χ3n) is 5.34. The quantitative estimate of drug-likeness (QED) is 0.398. The van der Waals surface area contributed by atoms with Crippen LogP contribution in [0.2, 0.25) is 0 Å². The minimum atomic E-state index is -0.660. The van der Waals surface area contributed by atoms with Gasteiger partial charge in [0.15, 0.2) is 17.2 Å². The first kappa shape index (κ1) is 22.3. The van der Waals surface area contributed by atoms with E-state index >= 15 is 0 Å². The number of aromatic hydroxyl groups is 3. The Morgan fingerprint density at radius 3 is 2.29 bits per heavy atom. The minimum Gasteiger partial charge on any atom is -0.504 e. The third kappa shape index (κ3) is 6.04. The van der Waals surface area contributed by atoms with Crippen molar-refractivity contribution < 1.29 is 29.6 Å². The number of carbonyl (C=O) groups excluding carboxylic acids is 2. The summed E-state index contributed by atoms with van der Waals surface area (Å²) in [6.07, 6.45) is 2.28. The maximum absolute atomic E-state index is 12.4. The summed E-state index contributed by atoms with van der Waals surface area (Å²) in [6, 6.07) is 9.88. The molecule has 0 atom stereocenters. The molecule has 8 heteroatoms. The summed E-state index contributed by atoms with van der Waals surface area (Å²) >= 11 is 0. The molecule has 4 N–H and O–H groups in total. The van der Waals surface area contributed by atoms with Gasteiger partial charge in [0.1, 0.15) is 5.75 Å². The zero-order chi connectivity index (χ0) is 22.4. The van der Waals surface area contributed by atoms with Crippen LogP contribution in [0.4, 0.5) is 0 Å². The fourth-order valence-corrected chi connectivity index (χ4v) is 3.48. The molecule has 0 aromatic heterocycles. The number of hydrogen-bond acceptors (Lipinski definition) is 6. The molecule has 166 valence electrons. The number of amides is 2. The number of aryl methyl sites for hydroxylation is 1. The smallest absolute Gasteiger partial charge is 0.251 e. The predicted molar refractivity (Wildman–Crippen MR) is 114 cm³/mol. The second-order valence-corrected chi connectivity index (χ2v) is 7.76. The van der Waals surface area contributed by atoms with Crippen LogP contribution in [0, 0.1) is 6.92 Å². The van der Waals surface area contributed by atoms with Crippen molar-refractivity contribution in [2.75, 3.05) is 19.7 Å². The number of likely N-dealkylation sites (tertiary alicyclic amines) is 1. The average molecular weight is 428 g/mol. The van der Waals surface area contributed by atoms with Gasteiger partial charge in [-0.05, 0) is 50.5 Å². The largest absolute Gasteiger partial charge is 0.504 e. The Morgan fingerprint density at radius 1 is 1.06 bits per heavy atom. The Hall–Kier alpha value is -3.42. The molecule has 0 radical (unpaired) electrons. The highest BCUT2D eigenvalue weighted by atomic mass is 16.5. The first-order valence-electron chi connectivity index (χ1n) is 10.4. The van der Waals surface area contributed by atoms with E-state index in [2.05, 4.69) is 5.32 Å². The van der Waals surface area contributed by atoms with Gasteiger partial charge in [-0.25, -0.2) is 0 Å². The van der Waals surface area contributed by atoms with E-state index in [0.717, 1.165) is 17.9 Å². The Labute approximate surface area is 181 Å². The molecule has 3 rings (SSSR count). The average Bonchev–Trinajstić information content (AvgIpc) is 2.76. The topological polar surface area (TPSA) is 119 Å². The molecule has 0 saturated carbocycles. The molecule has 2 aromatic carbocycles. The predicted octanol–water partition coefficient (Wildman–Crippen LogP) is 2.69. The first-order chi connectivity index (χ1) is 14.8. The van der Waals surface area contributed by atoms with Crippen molar-refractivity contribution in [2.45, 2.75) is 38.6 Å². The Bertz CT molecular complexity index is 897. The van der Waals surface area contributed by atoms with Crippen molar-refractivity contribution in [3.63, 3.8) is 0 Å². The number of nitrogens with zero attached hydrogens (tertiary/aromatic N) is 1. The van der Waals surface area contributed by atoms with Crippen LogP contribution in [0.1, 0.15) is 41.6 Å². The molecule has 1 fully saturated rings. The van der Waals surface area contributed by atoms with Gasteiger partial charge in [-0.15, -0.1) is 0 Å². The SMILES string of the molecule is Cc1ccc(OCCCC(=O)N2CCC(NC(=O)c3cc(O)c(O)c(O)c3)CC2)cc1. The van der Waals surface area contributed by atoms with E-state index in [1.54, 1.807) is 4.90 Å². The summed E-state index contributed by atoms with van der Waals surface area (Å²) in [5.74, 6) is -1.36. The summed E-state index contributed by atoms with van der Waals surface area (Å²) in [5, 5.41) is 31.3. The lowest BCUT2D eigenvalue weighted by Crippen LogP contribution is -2.46. The van der Waals surface area contributed by atoms with Gasteiger partial charge in [0.25, 0.3) is 5.91 Å². The van der Waals surface area contributed by atoms with Crippen LogP contribution in [-0.4, -0.2) is 57.8 Å². The highest BCUT2D eigenvalue weighted by Gasteiger charge is 2.24. The highest BCUT2D eigenvalue weighted by Crippen LogP contribution is 2.35. The van der Waals surface area contributed by atoms with E-state index in [9.17, 15) is 24.9 Å². The molecule has 0 aliphatic carbocycles. The van der Waals surface area contributed by atoms with Gasteiger partial charge in [0.2, 0.25) is 5.91 Å². The molecule has 31 heavy (non-hydrogen) atoms. The number of benzene rings is 2. The number of phenols is 3. The molecule has 8 nitrogen and oxygen atoms in total. The lowest BCUT2D eigenvalue weighted by Gasteiger charge is -2.32. The van der Waals surface area contributed by atoms with Crippen LogP contribution in [0.15, 0.2) is 36.4 Å². The second-order valence-electron chi connectivity index (χ2n) is 7.76. The van der Waals surface area contributed by atoms with Crippen molar-refractivity contribution in [3.05, 3.63) is 47.5 Å². The molecule has 1 heterocycles. The molecule has 0 unspecified atom stereocenters. The lowest BCUT2D eigenvalue weighted by atomic mass is 10.0. The van der Waals surface area contributed by atoms with Crippen LogP contribution in [0.3, 0.4) is 0 Å². The van der Waals surface area contributed by atoms with Crippen LogP contribution in [0.25, 0.3) is 0 Å². The molecular weight excluding hydrogens is 400 g/mol. The second kappa shape index (κ2) is 10.1. The fraction of sp³-hybridized carbons (Fsp3) is 0.391. The Morgan fingerprint density at radius 2 is 1.68 bits per heavy atom. The van der Waals surface area contributed by atoms with E-state index in [1.807, 2.05) is 31.2 Å². The van der Waals surface area contributed by atoms with Crippen LogP contribution in [0.5, 0.6) is 23.0 Å². The van der Waals surface area contributed by atoms with E-state index in [4.69, 9.17) is 4.74 Å². The number of phenolic OH excluding ortho intramolecular Hbond substituents is 3.